The minimum absolute atomic E-state index is 0.224. The summed E-state index contributed by atoms with van der Waals surface area (Å²) >= 11 is 0. The number of carbonyl (C=O) groups excluding carboxylic acids is 1. The molecule has 0 saturated heterocycles. The molecule has 3 aliphatic rings. The highest BCUT2D eigenvalue weighted by molar-refractivity contribution is 5.96. The standard InChI is InChI=1S/C19H26N2O/c20-16-8-5-6-14(16)12-18(22)21-13-19(10-3-4-11-19)15-7-1-2-9-17(15)21/h1-2,7,9,14,16H,3-6,8,10-13,20H2/t14-,16+/m0/s1. The molecule has 1 heterocycles. The number of fused-ring (bicyclic) bond motifs is 2. The van der Waals surface area contributed by atoms with Crippen molar-refractivity contribution < 1.29 is 4.79 Å². The van der Waals surface area contributed by atoms with Gasteiger partial charge in [-0.2, -0.15) is 0 Å². The molecule has 1 spiro atoms. The fourth-order valence-electron chi connectivity index (χ4n) is 4.99. The first kappa shape index (κ1) is 14.3. The molecule has 3 heteroatoms. The van der Waals surface area contributed by atoms with Crippen LogP contribution in [0.3, 0.4) is 0 Å². The first-order chi connectivity index (χ1) is 10.7. The van der Waals surface area contributed by atoms with Crippen molar-refractivity contribution in [2.75, 3.05) is 11.4 Å². The maximum atomic E-state index is 12.9. The molecule has 22 heavy (non-hydrogen) atoms. The van der Waals surface area contributed by atoms with Crippen LogP contribution < -0.4 is 10.6 Å². The maximum absolute atomic E-state index is 12.9. The molecule has 3 nitrogen and oxygen atoms in total. The fourth-order valence-corrected chi connectivity index (χ4v) is 4.99. The van der Waals surface area contributed by atoms with Crippen molar-refractivity contribution in [2.24, 2.45) is 11.7 Å². The van der Waals surface area contributed by atoms with E-state index in [1.165, 1.54) is 43.4 Å². The highest BCUT2D eigenvalue weighted by Crippen LogP contribution is 2.50. The van der Waals surface area contributed by atoms with Gasteiger partial charge in [0.2, 0.25) is 5.91 Å². The zero-order valence-corrected chi connectivity index (χ0v) is 13.3. The number of amides is 1. The SMILES string of the molecule is N[C@@H]1CCC[C@H]1CC(=O)N1CC2(CCCC2)c2ccccc21. The smallest absolute Gasteiger partial charge is 0.227 e. The number of nitrogens with two attached hydrogens (primary N) is 1. The first-order valence-electron chi connectivity index (χ1n) is 8.85. The molecule has 0 radical (unpaired) electrons. The van der Waals surface area contributed by atoms with Crippen molar-refractivity contribution in [1.29, 1.82) is 0 Å². The van der Waals surface area contributed by atoms with Crippen LogP contribution in [0.2, 0.25) is 0 Å². The van der Waals surface area contributed by atoms with Crippen molar-refractivity contribution in [1.82, 2.24) is 0 Å². The van der Waals surface area contributed by atoms with E-state index in [1.54, 1.807) is 0 Å². The molecule has 4 rings (SSSR count). The van der Waals surface area contributed by atoms with E-state index in [0.717, 1.165) is 19.4 Å². The Kier molecular flexibility index (Phi) is 3.48. The second-order valence-corrected chi connectivity index (χ2v) is 7.54. The van der Waals surface area contributed by atoms with E-state index in [9.17, 15) is 4.79 Å². The fraction of sp³-hybridized carbons (Fsp3) is 0.632. The van der Waals surface area contributed by atoms with Gasteiger partial charge >= 0.3 is 0 Å². The summed E-state index contributed by atoms with van der Waals surface area (Å²) in [5.41, 5.74) is 8.99. The third-order valence-electron chi connectivity index (χ3n) is 6.24. The van der Waals surface area contributed by atoms with Crippen LogP contribution in [-0.2, 0) is 10.2 Å². The first-order valence-corrected chi connectivity index (χ1v) is 8.85. The van der Waals surface area contributed by atoms with Crippen molar-refractivity contribution in [2.45, 2.75) is 62.8 Å². The minimum Gasteiger partial charge on any atom is -0.327 e. The lowest BCUT2D eigenvalue weighted by Crippen LogP contribution is -2.38. The Balaban J connectivity index is 1.59. The summed E-state index contributed by atoms with van der Waals surface area (Å²) < 4.78 is 0. The molecular weight excluding hydrogens is 272 g/mol. The van der Waals surface area contributed by atoms with Crippen molar-refractivity contribution in [3.63, 3.8) is 0 Å². The Morgan fingerprint density at radius 2 is 1.95 bits per heavy atom. The van der Waals surface area contributed by atoms with Gasteiger partial charge in [-0.05, 0) is 43.2 Å². The lowest BCUT2D eigenvalue weighted by Gasteiger charge is -2.25. The summed E-state index contributed by atoms with van der Waals surface area (Å²) in [5.74, 6) is 0.679. The largest absolute Gasteiger partial charge is 0.327 e. The van der Waals surface area contributed by atoms with E-state index in [-0.39, 0.29) is 11.5 Å². The zero-order valence-electron chi connectivity index (χ0n) is 13.3. The number of benzene rings is 1. The van der Waals surface area contributed by atoms with Crippen LogP contribution in [0, 0.1) is 5.92 Å². The number of carbonyl (C=O) groups is 1. The second kappa shape index (κ2) is 5.38. The number of hydrogen-bond donors (Lipinski definition) is 1. The molecule has 2 aliphatic carbocycles. The van der Waals surface area contributed by atoms with Gasteiger partial charge < -0.3 is 10.6 Å². The van der Waals surface area contributed by atoms with Crippen LogP contribution in [0.15, 0.2) is 24.3 Å². The van der Waals surface area contributed by atoms with Crippen LogP contribution in [-0.4, -0.2) is 18.5 Å². The van der Waals surface area contributed by atoms with E-state index < -0.39 is 0 Å². The average molecular weight is 298 g/mol. The molecule has 2 atom stereocenters. The van der Waals surface area contributed by atoms with E-state index in [1.807, 2.05) is 0 Å². The molecule has 2 N–H and O–H groups in total. The zero-order chi connectivity index (χ0) is 15.2. The van der Waals surface area contributed by atoms with Gasteiger partial charge in [0.25, 0.3) is 0 Å². The predicted molar refractivity (Wildman–Crippen MR) is 88.9 cm³/mol. The summed E-state index contributed by atoms with van der Waals surface area (Å²) in [5, 5.41) is 0. The van der Waals surface area contributed by atoms with E-state index in [2.05, 4.69) is 29.2 Å². The minimum atomic E-state index is 0.224. The molecule has 0 aromatic heterocycles. The summed E-state index contributed by atoms with van der Waals surface area (Å²) in [7, 11) is 0. The van der Waals surface area contributed by atoms with Crippen LogP contribution in [0.1, 0.15) is 56.9 Å². The lowest BCUT2D eigenvalue weighted by atomic mass is 9.81. The van der Waals surface area contributed by atoms with Gasteiger partial charge in [0.15, 0.2) is 0 Å². The van der Waals surface area contributed by atoms with Crippen molar-refractivity contribution in [3.05, 3.63) is 29.8 Å². The van der Waals surface area contributed by atoms with Gasteiger partial charge in [-0.15, -0.1) is 0 Å². The van der Waals surface area contributed by atoms with Gasteiger partial charge in [-0.3, -0.25) is 4.79 Å². The third kappa shape index (κ3) is 2.18. The Morgan fingerprint density at radius 1 is 1.18 bits per heavy atom. The Labute approximate surface area is 132 Å². The monoisotopic (exact) mass is 298 g/mol. The third-order valence-corrected chi connectivity index (χ3v) is 6.24. The molecule has 2 fully saturated rings. The number of rotatable bonds is 2. The normalized spacial score (nSPS) is 29.2. The molecule has 1 aromatic rings. The Morgan fingerprint density at radius 3 is 2.68 bits per heavy atom. The van der Waals surface area contributed by atoms with Crippen molar-refractivity contribution in [3.8, 4) is 0 Å². The van der Waals surface area contributed by atoms with Crippen molar-refractivity contribution >= 4 is 11.6 Å². The number of anilines is 1. The van der Waals surface area contributed by atoms with Gasteiger partial charge in [0.05, 0.1) is 0 Å². The predicted octanol–water partition coefficient (Wildman–Crippen LogP) is 3.36. The second-order valence-electron chi connectivity index (χ2n) is 7.54. The Bertz CT molecular complexity index is 577. The maximum Gasteiger partial charge on any atom is 0.227 e. The van der Waals surface area contributed by atoms with Gasteiger partial charge in [0, 0.05) is 30.1 Å². The van der Waals surface area contributed by atoms with Gasteiger partial charge in [-0.1, -0.05) is 37.5 Å². The topological polar surface area (TPSA) is 46.3 Å². The molecule has 1 amide bonds. The highest BCUT2D eigenvalue weighted by atomic mass is 16.2. The van der Waals surface area contributed by atoms with Gasteiger partial charge in [0.1, 0.15) is 0 Å². The molecule has 2 saturated carbocycles. The molecule has 1 aliphatic heterocycles. The number of nitrogens with zero attached hydrogens (tertiary/aromatic N) is 1. The molecule has 1 aromatic carbocycles. The van der Waals surface area contributed by atoms with E-state index in [0.29, 0.717) is 18.2 Å². The summed E-state index contributed by atoms with van der Waals surface area (Å²) in [6, 6.07) is 8.79. The Hall–Kier alpha value is -1.35. The van der Waals surface area contributed by atoms with Crippen LogP contribution in [0.5, 0.6) is 0 Å². The van der Waals surface area contributed by atoms with Crippen LogP contribution in [0.4, 0.5) is 5.69 Å². The summed E-state index contributed by atoms with van der Waals surface area (Å²) in [4.78, 5) is 15.0. The average Bonchev–Trinajstić information content (AvgIpc) is 3.23. The van der Waals surface area contributed by atoms with Crippen LogP contribution in [0.25, 0.3) is 0 Å². The number of para-hydroxylation sites is 1. The van der Waals surface area contributed by atoms with Crippen LogP contribution >= 0.6 is 0 Å². The lowest BCUT2D eigenvalue weighted by molar-refractivity contribution is -0.119. The van der Waals surface area contributed by atoms with E-state index >= 15 is 0 Å². The van der Waals surface area contributed by atoms with E-state index in [4.69, 9.17) is 5.73 Å². The van der Waals surface area contributed by atoms with Gasteiger partial charge in [-0.25, -0.2) is 0 Å². The summed E-state index contributed by atoms with van der Waals surface area (Å²) in [6.07, 6.45) is 9.07. The quantitative estimate of drug-likeness (QED) is 0.910. The number of hydrogen-bond acceptors (Lipinski definition) is 2. The molecule has 0 unspecified atom stereocenters. The highest BCUT2D eigenvalue weighted by Gasteiger charge is 2.46. The summed E-state index contributed by atoms with van der Waals surface area (Å²) in [6.45, 7) is 0.896. The molecule has 0 bridgehead atoms. The molecule has 118 valence electrons. The molecular formula is C19H26N2O.